The fourth-order valence-electron chi connectivity index (χ4n) is 3.46. The minimum atomic E-state index is -0.109. The average molecular weight is 342 g/mol. The molecule has 1 saturated carbocycles. The Hall–Kier alpha value is -3.04. The highest BCUT2D eigenvalue weighted by molar-refractivity contribution is 5.79. The van der Waals surface area contributed by atoms with Gasteiger partial charge in [0.25, 0.3) is 0 Å². The maximum atomic E-state index is 12.3. The molecule has 1 aliphatic rings. The Labute approximate surface area is 155 Å². The van der Waals surface area contributed by atoms with Crippen LogP contribution < -0.4 is 5.32 Å². The maximum absolute atomic E-state index is 12.3. The number of nitriles is 1. The molecule has 0 saturated heterocycles. The van der Waals surface area contributed by atoms with E-state index in [4.69, 9.17) is 5.26 Å². The lowest BCUT2D eigenvalue weighted by Gasteiger charge is -2.26. The van der Waals surface area contributed by atoms with Gasteiger partial charge in [0.05, 0.1) is 12.0 Å². The minimum Gasteiger partial charge on any atom is -0.343 e. The van der Waals surface area contributed by atoms with Gasteiger partial charge in [0.15, 0.2) is 0 Å². The van der Waals surface area contributed by atoms with Crippen LogP contribution in [0.25, 0.3) is 11.1 Å². The minimum absolute atomic E-state index is 0.0383. The van der Waals surface area contributed by atoms with Gasteiger partial charge >= 0.3 is 0 Å². The van der Waals surface area contributed by atoms with E-state index in [-0.39, 0.29) is 24.3 Å². The van der Waals surface area contributed by atoms with Gasteiger partial charge in [-0.25, -0.2) is 0 Å². The molecule has 3 heteroatoms. The summed E-state index contributed by atoms with van der Waals surface area (Å²) in [5, 5.41) is 11.4. The van der Waals surface area contributed by atoms with Gasteiger partial charge in [-0.15, -0.1) is 0 Å². The van der Waals surface area contributed by atoms with Crippen molar-refractivity contribution >= 4 is 5.91 Å². The molecule has 0 bridgehead atoms. The van der Waals surface area contributed by atoms with Crippen LogP contribution in [0.3, 0.4) is 0 Å². The number of benzene rings is 2. The van der Waals surface area contributed by atoms with Gasteiger partial charge in [-0.2, -0.15) is 5.26 Å². The number of carbonyl (C=O) groups is 1. The third kappa shape index (κ3) is 4.52. The molecule has 3 nitrogen and oxygen atoms in total. The normalized spacial score (nSPS) is 18.9. The van der Waals surface area contributed by atoms with Gasteiger partial charge < -0.3 is 5.32 Å². The number of hydrogen-bond donors (Lipinski definition) is 1. The van der Waals surface area contributed by atoms with Crippen LogP contribution in [0.2, 0.25) is 0 Å². The fourth-order valence-corrected chi connectivity index (χ4v) is 3.46. The number of nitrogens with one attached hydrogen (secondary N) is 1. The second-order valence-electron chi connectivity index (χ2n) is 6.59. The molecule has 0 aromatic heterocycles. The van der Waals surface area contributed by atoms with E-state index in [1.165, 1.54) is 5.56 Å². The first-order valence-corrected chi connectivity index (χ1v) is 9.09. The fraction of sp³-hybridized carbons (Fsp3) is 0.304. The first-order valence-electron chi connectivity index (χ1n) is 9.09. The molecule has 26 heavy (non-hydrogen) atoms. The summed E-state index contributed by atoms with van der Waals surface area (Å²) in [5.41, 5.74) is 3.28. The van der Waals surface area contributed by atoms with Crippen LogP contribution in [0.1, 0.15) is 31.2 Å². The average Bonchev–Trinajstić information content (AvgIpc) is 2.71. The van der Waals surface area contributed by atoms with Crippen LogP contribution in [-0.4, -0.2) is 12.5 Å². The number of rotatable bonds is 3. The molecule has 130 valence electrons. The number of nitrogens with zero attached hydrogens (tertiary/aromatic N) is 1. The van der Waals surface area contributed by atoms with Gasteiger partial charge in [0.2, 0.25) is 5.91 Å². The molecule has 1 fully saturated rings. The number of hydrogen-bond acceptors (Lipinski definition) is 2. The third-order valence-corrected chi connectivity index (χ3v) is 4.82. The van der Waals surface area contributed by atoms with Crippen LogP contribution >= 0.6 is 0 Å². The van der Waals surface area contributed by atoms with Gasteiger partial charge in [-0.3, -0.25) is 4.79 Å². The van der Waals surface area contributed by atoms with E-state index in [0.717, 1.165) is 36.8 Å². The summed E-state index contributed by atoms with van der Waals surface area (Å²) in [4.78, 5) is 12.3. The molecule has 1 amide bonds. The topological polar surface area (TPSA) is 52.9 Å². The largest absolute Gasteiger partial charge is 0.343 e. The van der Waals surface area contributed by atoms with E-state index in [0.29, 0.717) is 0 Å². The lowest BCUT2D eigenvalue weighted by atomic mass is 9.79. The van der Waals surface area contributed by atoms with Crippen molar-refractivity contribution in [1.29, 1.82) is 5.26 Å². The van der Waals surface area contributed by atoms with Crippen LogP contribution in [0, 0.1) is 35.0 Å². The lowest BCUT2D eigenvalue weighted by molar-refractivity contribution is -0.126. The molecule has 2 aromatic rings. The summed E-state index contributed by atoms with van der Waals surface area (Å²) in [6.45, 7) is 0.0641. The van der Waals surface area contributed by atoms with Gasteiger partial charge in [-0.1, -0.05) is 67.1 Å². The molecule has 2 unspecified atom stereocenters. The van der Waals surface area contributed by atoms with Crippen molar-refractivity contribution in [2.75, 3.05) is 6.54 Å². The zero-order valence-corrected chi connectivity index (χ0v) is 14.7. The highest BCUT2D eigenvalue weighted by atomic mass is 16.1. The molecule has 0 radical (unpaired) electrons. The number of carbonyl (C=O) groups excluding carboxylic acids is 1. The lowest BCUT2D eigenvalue weighted by Crippen LogP contribution is -2.36. The summed E-state index contributed by atoms with van der Waals surface area (Å²) in [6.07, 6.45) is 3.94. The SMILES string of the molecule is N#CCNC(=O)C1CCCCC1C#Cc1cccc(-c2ccccc2)c1. The summed E-state index contributed by atoms with van der Waals surface area (Å²) < 4.78 is 0. The summed E-state index contributed by atoms with van der Waals surface area (Å²) >= 11 is 0. The Bertz CT molecular complexity index is 855. The van der Waals surface area contributed by atoms with E-state index in [9.17, 15) is 4.79 Å². The van der Waals surface area contributed by atoms with Crippen molar-refractivity contribution in [3.05, 3.63) is 60.2 Å². The highest BCUT2D eigenvalue weighted by Crippen LogP contribution is 2.30. The molecular formula is C23H22N2O. The van der Waals surface area contributed by atoms with E-state index >= 15 is 0 Å². The molecule has 1 N–H and O–H groups in total. The quantitative estimate of drug-likeness (QED) is 0.673. The second-order valence-corrected chi connectivity index (χ2v) is 6.59. The predicted octanol–water partition coefficient (Wildman–Crippen LogP) is 4.15. The number of amides is 1. The molecule has 2 atom stereocenters. The van der Waals surface area contributed by atoms with Crippen molar-refractivity contribution in [2.45, 2.75) is 25.7 Å². The van der Waals surface area contributed by atoms with Crippen LogP contribution in [-0.2, 0) is 4.79 Å². The smallest absolute Gasteiger partial charge is 0.225 e. The maximum Gasteiger partial charge on any atom is 0.225 e. The van der Waals surface area contributed by atoms with Crippen molar-refractivity contribution in [2.24, 2.45) is 11.8 Å². The first-order chi connectivity index (χ1) is 12.8. The van der Waals surface area contributed by atoms with Gasteiger partial charge in [-0.05, 0) is 36.1 Å². The van der Waals surface area contributed by atoms with E-state index < -0.39 is 0 Å². The Kier molecular flexibility index (Phi) is 6.07. The van der Waals surface area contributed by atoms with E-state index in [1.807, 2.05) is 36.4 Å². The predicted molar refractivity (Wildman–Crippen MR) is 103 cm³/mol. The summed E-state index contributed by atoms with van der Waals surface area (Å²) in [5.74, 6) is 6.51. The molecule has 0 heterocycles. The van der Waals surface area contributed by atoms with Crippen molar-refractivity contribution in [3.8, 4) is 29.0 Å². The summed E-state index contributed by atoms with van der Waals surface area (Å²) in [7, 11) is 0. The molecule has 2 aromatic carbocycles. The molecule has 0 spiro atoms. The van der Waals surface area contributed by atoms with Crippen molar-refractivity contribution in [3.63, 3.8) is 0 Å². The van der Waals surface area contributed by atoms with Gasteiger partial charge in [0.1, 0.15) is 6.54 Å². The molecule has 1 aliphatic carbocycles. The Balaban J connectivity index is 1.77. The Morgan fingerprint density at radius 3 is 2.62 bits per heavy atom. The summed E-state index contributed by atoms with van der Waals surface area (Å²) in [6, 6.07) is 20.4. The zero-order valence-electron chi connectivity index (χ0n) is 14.7. The van der Waals surface area contributed by atoms with Crippen LogP contribution in [0.4, 0.5) is 0 Å². The monoisotopic (exact) mass is 342 g/mol. The van der Waals surface area contributed by atoms with Crippen molar-refractivity contribution in [1.82, 2.24) is 5.32 Å². The highest BCUT2D eigenvalue weighted by Gasteiger charge is 2.29. The first kappa shape index (κ1) is 17.8. The van der Waals surface area contributed by atoms with Crippen LogP contribution in [0.15, 0.2) is 54.6 Å². The molecule has 3 rings (SSSR count). The zero-order chi connectivity index (χ0) is 18.2. The van der Waals surface area contributed by atoms with Crippen LogP contribution in [0.5, 0.6) is 0 Å². The Morgan fingerprint density at radius 1 is 1.04 bits per heavy atom. The molecule has 0 aliphatic heterocycles. The van der Waals surface area contributed by atoms with E-state index in [1.54, 1.807) is 0 Å². The second kappa shape index (κ2) is 8.88. The molecular weight excluding hydrogens is 320 g/mol. The van der Waals surface area contributed by atoms with Crippen molar-refractivity contribution < 1.29 is 4.79 Å². The van der Waals surface area contributed by atoms with Gasteiger partial charge in [0, 0.05) is 11.5 Å². The van der Waals surface area contributed by atoms with E-state index in [2.05, 4.69) is 41.4 Å². The standard InChI is InChI=1S/C23H22N2O/c24-15-16-25-23(26)22-12-5-4-10-20(22)14-13-18-7-6-11-21(17-18)19-8-2-1-3-9-19/h1-3,6-9,11,17,20,22H,4-5,10,12,16H2,(H,25,26). The third-order valence-electron chi connectivity index (χ3n) is 4.82. The Morgan fingerprint density at radius 2 is 1.81 bits per heavy atom.